The highest BCUT2D eigenvalue weighted by molar-refractivity contribution is 6.04. The summed E-state index contributed by atoms with van der Waals surface area (Å²) in [5, 5.41) is 12.6. The summed E-state index contributed by atoms with van der Waals surface area (Å²) in [7, 11) is 0. The number of aromatic nitrogens is 1. The molecule has 0 saturated carbocycles. The minimum atomic E-state index is -0.929. The van der Waals surface area contributed by atoms with Gasteiger partial charge >= 0.3 is 0 Å². The van der Waals surface area contributed by atoms with E-state index >= 15 is 0 Å². The zero-order chi connectivity index (χ0) is 25.1. The van der Waals surface area contributed by atoms with Crippen molar-refractivity contribution in [2.45, 2.75) is 77.4 Å². The highest BCUT2D eigenvalue weighted by Gasteiger charge is 2.40. The van der Waals surface area contributed by atoms with E-state index in [2.05, 4.69) is 37.3 Å². The number of likely N-dealkylation sites (tertiary alicyclic amines) is 1. The quantitative estimate of drug-likeness (QED) is 0.670. The number of carbonyl (C=O) groups excluding carboxylic acids is 2. The molecule has 1 unspecified atom stereocenters. The van der Waals surface area contributed by atoms with Crippen molar-refractivity contribution in [3.8, 4) is 6.19 Å². The van der Waals surface area contributed by atoms with Gasteiger partial charge in [0, 0.05) is 35.7 Å². The zero-order valence-electron chi connectivity index (χ0n) is 21.0. The second-order valence-corrected chi connectivity index (χ2v) is 10.9. The highest BCUT2D eigenvalue weighted by Crippen LogP contribution is 2.33. The van der Waals surface area contributed by atoms with Gasteiger partial charge in [0.2, 0.25) is 5.91 Å². The van der Waals surface area contributed by atoms with Gasteiger partial charge in [-0.05, 0) is 62.8 Å². The van der Waals surface area contributed by atoms with E-state index in [1.54, 1.807) is 29.4 Å². The Hall–Kier alpha value is -3.40. The number of amides is 2. The summed E-state index contributed by atoms with van der Waals surface area (Å²) < 4.78 is 0. The molecule has 1 aromatic carbocycles. The Balaban J connectivity index is 2.15. The van der Waals surface area contributed by atoms with Crippen LogP contribution in [0.4, 0.5) is 5.69 Å². The maximum Gasteiger partial charge on any atom is 0.251 e. The third kappa shape index (κ3) is 5.74. The number of hydrogen-bond acceptors (Lipinski definition) is 5. The van der Waals surface area contributed by atoms with E-state index in [0.717, 1.165) is 12.0 Å². The standard InChI is InChI=1S/C27H35N5O2/c1-26(2,3)20-11-13-21(14-12-20)32(25(34)22-10-8-16-31(22)18-28)23(19-9-7-15-29-17-19)24(33)30-27(4,5)6/h7,9,11-15,17,22-23H,8,10,16H2,1-6H3,(H,30,33)/t22-,23?/m1/s1. The van der Waals surface area contributed by atoms with E-state index in [9.17, 15) is 14.9 Å². The molecule has 0 bridgehead atoms. The topological polar surface area (TPSA) is 89.3 Å². The van der Waals surface area contributed by atoms with Crippen LogP contribution in [0.3, 0.4) is 0 Å². The molecule has 2 amide bonds. The lowest BCUT2D eigenvalue weighted by atomic mass is 9.87. The number of benzene rings is 1. The fraction of sp³-hybridized carbons (Fsp3) is 0.481. The summed E-state index contributed by atoms with van der Waals surface area (Å²) in [4.78, 5) is 34.9. The highest BCUT2D eigenvalue weighted by atomic mass is 16.2. The molecule has 2 aromatic rings. The first-order chi connectivity index (χ1) is 15.9. The lowest BCUT2D eigenvalue weighted by Crippen LogP contribution is -2.53. The Kier molecular flexibility index (Phi) is 7.30. The van der Waals surface area contributed by atoms with Crippen LogP contribution in [-0.2, 0) is 15.0 Å². The number of rotatable bonds is 5. The van der Waals surface area contributed by atoms with Crippen LogP contribution in [0, 0.1) is 11.5 Å². The molecule has 0 aliphatic carbocycles. The molecule has 2 atom stereocenters. The van der Waals surface area contributed by atoms with Crippen LogP contribution in [0.25, 0.3) is 0 Å². The minimum absolute atomic E-state index is 0.0528. The van der Waals surface area contributed by atoms with E-state index in [1.807, 2.05) is 45.0 Å². The molecule has 7 nitrogen and oxygen atoms in total. The van der Waals surface area contributed by atoms with Crippen molar-refractivity contribution in [2.24, 2.45) is 0 Å². The molecule has 1 N–H and O–H groups in total. The lowest BCUT2D eigenvalue weighted by Gasteiger charge is -2.36. The van der Waals surface area contributed by atoms with Gasteiger partial charge in [0.25, 0.3) is 5.91 Å². The van der Waals surface area contributed by atoms with Crippen molar-refractivity contribution in [3.63, 3.8) is 0 Å². The maximum absolute atomic E-state index is 14.0. The van der Waals surface area contributed by atoms with E-state index in [-0.39, 0.29) is 17.2 Å². The van der Waals surface area contributed by atoms with Gasteiger partial charge in [0.05, 0.1) is 0 Å². The second-order valence-electron chi connectivity index (χ2n) is 10.9. The Bertz CT molecular complexity index is 1050. The van der Waals surface area contributed by atoms with E-state index in [4.69, 9.17) is 0 Å². The van der Waals surface area contributed by atoms with Crippen molar-refractivity contribution in [1.82, 2.24) is 15.2 Å². The van der Waals surface area contributed by atoms with Gasteiger partial charge in [-0.1, -0.05) is 39.0 Å². The van der Waals surface area contributed by atoms with Crippen LogP contribution in [0.5, 0.6) is 0 Å². The normalized spacial score (nSPS) is 17.1. The van der Waals surface area contributed by atoms with Gasteiger partial charge in [-0.3, -0.25) is 24.4 Å². The van der Waals surface area contributed by atoms with Crippen LogP contribution in [-0.4, -0.2) is 39.8 Å². The zero-order valence-corrected chi connectivity index (χ0v) is 21.0. The molecule has 1 aliphatic rings. The smallest absolute Gasteiger partial charge is 0.251 e. The molecule has 1 saturated heterocycles. The predicted molar refractivity (Wildman–Crippen MR) is 133 cm³/mol. The minimum Gasteiger partial charge on any atom is -0.349 e. The molecule has 180 valence electrons. The van der Waals surface area contributed by atoms with Crippen molar-refractivity contribution >= 4 is 17.5 Å². The number of nitrogens with one attached hydrogen (secondary N) is 1. The first kappa shape index (κ1) is 25.2. The van der Waals surface area contributed by atoms with Gasteiger partial charge < -0.3 is 5.32 Å². The molecular formula is C27H35N5O2. The van der Waals surface area contributed by atoms with Crippen LogP contribution in [0.1, 0.15) is 71.6 Å². The molecule has 3 rings (SSSR count). The molecule has 0 radical (unpaired) electrons. The summed E-state index contributed by atoms with van der Waals surface area (Å²) in [5.41, 5.74) is 1.80. The van der Waals surface area contributed by atoms with Crippen LogP contribution < -0.4 is 10.2 Å². The summed E-state index contributed by atoms with van der Waals surface area (Å²) >= 11 is 0. The average molecular weight is 462 g/mol. The number of nitrogens with zero attached hydrogens (tertiary/aromatic N) is 4. The van der Waals surface area contributed by atoms with Crippen molar-refractivity contribution in [3.05, 3.63) is 59.9 Å². The fourth-order valence-electron chi connectivity index (χ4n) is 4.22. The number of carbonyl (C=O) groups is 2. The molecule has 34 heavy (non-hydrogen) atoms. The predicted octanol–water partition coefficient (Wildman–Crippen LogP) is 4.31. The SMILES string of the molecule is CC(C)(C)NC(=O)C(c1cccnc1)N(C(=O)[C@H]1CCCN1C#N)c1ccc(C(C)(C)C)cc1. The number of pyridine rings is 1. The van der Waals surface area contributed by atoms with Crippen LogP contribution in [0.15, 0.2) is 48.8 Å². The number of hydrogen-bond donors (Lipinski definition) is 1. The van der Waals surface area contributed by atoms with E-state index < -0.39 is 17.6 Å². The van der Waals surface area contributed by atoms with Crippen LogP contribution in [0.2, 0.25) is 0 Å². The molecule has 1 aliphatic heterocycles. The Morgan fingerprint density at radius 2 is 1.82 bits per heavy atom. The van der Waals surface area contributed by atoms with Crippen LogP contribution >= 0.6 is 0 Å². The number of anilines is 1. The lowest BCUT2D eigenvalue weighted by molar-refractivity contribution is -0.129. The van der Waals surface area contributed by atoms with Gasteiger partial charge in [0.15, 0.2) is 6.19 Å². The van der Waals surface area contributed by atoms with Gasteiger partial charge in [-0.25, -0.2) is 0 Å². The first-order valence-electron chi connectivity index (χ1n) is 11.7. The van der Waals surface area contributed by atoms with Crippen molar-refractivity contribution in [2.75, 3.05) is 11.4 Å². The molecule has 0 spiro atoms. The third-order valence-electron chi connectivity index (χ3n) is 5.92. The summed E-state index contributed by atoms with van der Waals surface area (Å²) in [6, 6.07) is 9.80. The van der Waals surface area contributed by atoms with E-state index in [0.29, 0.717) is 24.2 Å². The molecule has 1 aromatic heterocycles. The van der Waals surface area contributed by atoms with Crippen molar-refractivity contribution < 1.29 is 9.59 Å². The summed E-state index contributed by atoms with van der Waals surface area (Å²) in [5.74, 6) is -0.560. The van der Waals surface area contributed by atoms with Gasteiger partial charge in [0.1, 0.15) is 12.1 Å². The Morgan fingerprint density at radius 3 is 2.35 bits per heavy atom. The van der Waals surface area contributed by atoms with Crippen molar-refractivity contribution in [1.29, 1.82) is 5.26 Å². The molecular weight excluding hydrogens is 426 g/mol. The summed E-state index contributed by atoms with van der Waals surface area (Å²) in [6.45, 7) is 12.6. The molecule has 1 fully saturated rings. The Labute approximate surface area is 202 Å². The van der Waals surface area contributed by atoms with E-state index in [1.165, 1.54) is 4.90 Å². The second kappa shape index (κ2) is 9.84. The fourth-order valence-corrected chi connectivity index (χ4v) is 4.22. The number of nitriles is 1. The summed E-state index contributed by atoms with van der Waals surface area (Å²) in [6.07, 6.45) is 6.74. The van der Waals surface area contributed by atoms with Gasteiger partial charge in [-0.15, -0.1) is 0 Å². The largest absolute Gasteiger partial charge is 0.349 e. The molecule has 7 heteroatoms. The Morgan fingerprint density at radius 1 is 1.15 bits per heavy atom. The van der Waals surface area contributed by atoms with Gasteiger partial charge in [-0.2, -0.15) is 5.26 Å². The average Bonchev–Trinajstić information content (AvgIpc) is 3.25. The third-order valence-corrected chi connectivity index (χ3v) is 5.92. The first-order valence-corrected chi connectivity index (χ1v) is 11.7. The molecule has 2 heterocycles. The monoisotopic (exact) mass is 461 g/mol. The maximum atomic E-state index is 14.0.